The summed E-state index contributed by atoms with van der Waals surface area (Å²) in [5.74, 6) is -0.636. The molecule has 0 saturated carbocycles. The van der Waals surface area contributed by atoms with E-state index in [0.29, 0.717) is 5.69 Å². The van der Waals surface area contributed by atoms with E-state index >= 15 is 0 Å². The van der Waals surface area contributed by atoms with E-state index in [4.69, 9.17) is 4.74 Å². The fraction of sp³-hybridized carbons (Fsp3) is 0.125. The van der Waals surface area contributed by atoms with Crippen LogP contribution < -0.4 is 0 Å². The number of rotatable bonds is 4. The van der Waals surface area contributed by atoms with Crippen molar-refractivity contribution in [2.75, 3.05) is 6.54 Å². The van der Waals surface area contributed by atoms with Gasteiger partial charge in [-0.05, 0) is 17.7 Å². The molecular weight excluding hydrogens is 316 g/mol. The lowest BCUT2D eigenvalue weighted by molar-refractivity contribution is -0.144. The van der Waals surface area contributed by atoms with Crippen molar-refractivity contribution in [2.24, 2.45) is 4.99 Å². The molecule has 1 aliphatic heterocycles. The number of carbonyl (C=O) groups is 1. The van der Waals surface area contributed by atoms with Crippen molar-refractivity contribution in [3.8, 4) is 0 Å². The molecule has 0 amide bonds. The van der Waals surface area contributed by atoms with Crippen LogP contribution in [0.3, 0.4) is 0 Å². The number of sulfonamides is 1. The van der Waals surface area contributed by atoms with Gasteiger partial charge in [-0.15, -0.1) is 0 Å². The van der Waals surface area contributed by atoms with E-state index in [9.17, 15) is 13.2 Å². The number of aliphatic imine (C=N–C) groups is 1. The van der Waals surface area contributed by atoms with Gasteiger partial charge in [-0.25, -0.2) is 17.7 Å². The Hall–Kier alpha value is -2.67. The SMILES string of the molecule is O=C(CN1C=Nc2ccccc2S1(=O)=O)OCc1ccccc1. The van der Waals surface area contributed by atoms with E-state index < -0.39 is 22.5 Å². The highest BCUT2D eigenvalue weighted by molar-refractivity contribution is 7.89. The molecule has 0 bridgehead atoms. The minimum atomic E-state index is -3.78. The summed E-state index contributed by atoms with van der Waals surface area (Å²) in [6.45, 7) is -0.311. The summed E-state index contributed by atoms with van der Waals surface area (Å²) >= 11 is 0. The molecule has 0 fully saturated rings. The number of fused-ring (bicyclic) bond motifs is 1. The molecule has 2 aromatic rings. The number of ether oxygens (including phenoxy) is 1. The van der Waals surface area contributed by atoms with Crippen LogP contribution in [-0.4, -0.2) is 31.6 Å². The highest BCUT2D eigenvalue weighted by Gasteiger charge is 2.30. The van der Waals surface area contributed by atoms with E-state index in [0.717, 1.165) is 16.2 Å². The zero-order valence-corrected chi connectivity index (χ0v) is 12.9. The standard InChI is InChI=1S/C16H14N2O4S/c19-16(22-11-13-6-2-1-3-7-13)10-18-12-17-14-8-4-5-9-15(14)23(18,20)21/h1-9,12H,10-11H2. The third-order valence-corrected chi connectivity index (χ3v) is 5.05. The first kappa shape index (κ1) is 15.2. The predicted octanol–water partition coefficient (Wildman–Crippen LogP) is 2.09. The molecule has 1 heterocycles. The second-order valence-corrected chi connectivity index (χ2v) is 6.77. The summed E-state index contributed by atoms with van der Waals surface area (Å²) in [7, 11) is -3.78. The molecule has 0 N–H and O–H groups in total. The zero-order chi connectivity index (χ0) is 16.3. The molecule has 0 spiro atoms. The molecule has 0 atom stereocenters. The maximum atomic E-state index is 12.4. The maximum Gasteiger partial charge on any atom is 0.327 e. The minimum absolute atomic E-state index is 0.0818. The lowest BCUT2D eigenvalue weighted by atomic mass is 10.2. The number of carbonyl (C=O) groups excluding carboxylic acids is 1. The van der Waals surface area contributed by atoms with Gasteiger partial charge in [-0.1, -0.05) is 42.5 Å². The third-order valence-electron chi connectivity index (χ3n) is 3.31. The van der Waals surface area contributed by atoms with Crippen LogP contribution in [0, 0.1) is 0 Å². The lowest BCUT2D eigenvalue weighted by Crippen LogP contribution is -2.36. The first-order valence-corrected chi connectivity index (χ1v) is 8.36. The molecule has 0 aromatic heterocycles. The molecule has 118 valence electrons. The fourth-order valence-corrected chi connectivity index (χ4v) is 3.47. The Morgan fingerprint density at radius 3 is 2.52 bits per heavy atom. The van der Waals surface area contributed by atoms with Gasteiger partial charge in [0.2, 0.25) is 0 Å². The number of esters is 1. The molecule has 3 rings (SSSR count). The monoisotopic (exact) mass is 330 g/mol. The summed E-state index contributed by atoms with van der Waals surface area (Å²) < 4.78 is 30.9. The van der Waals surface area contributed by atoms with Crippen LogP contribution in [0.5, 0.6) is 0 Å². The average Bonchev–Trinajstić information content (AvgIpc) is 2.57. The Balaban J connectivity index is 1.68. The normalized spacial score (nSPS) is 15.0. The van der Waals surface area contributed by atoms with Crippen LogP contribution in [0.1, 0.15) is 5.56 Å². The Labute approximate surface area is 134 Å². The zero-order valence-electron chi connectivity index (χ0n) is 12.1. The van der Waals surface area contributed by atoms with E-state index in [-0.39, 0.29) is 11.5 Å². The van der Waals surface area contributed by atoms with Crippen LogP contribution in [-0.2, 0) is 26.2 Å². The van der Waals surface area contributed by atoms with E-state index in [1.165, 1.54) is 6.07 Å². The number of benzene rings is 2. The summed E-state index contributed by atoms with van der Waals surface area (Å²) in [5.41, 5.74) is 1.20. The Morgan fingerprint density at radius 1 is 1.04 bits per heavy atom. The summed E-state index contributed by atoms with van der Waals surface area (Å²) in [6.07, 6.45) is 1.14. The Kier molecular flexibility index (Phi) is 4.12. The fourth-order valence-electron chi connectivity index (χ4n) is 2.13. The number of para-hydroxylation sites is 1. The van der Waals surface area contributed by atoms with Crippen molar-refractivity contribution in [2.45, 2.75) is 11.5 Å². The lowest BCUT2D eigenvalue weighted by Gasteiger charge is -2.23. The van der Waals surface area contributed by atoms with Crippen molar-refractivity contribution < 1.29 is 17.9 Å². The molecule has 0 aliphatic carbocycles. The van der Waals surface area contributed by atoms with Crippen LogP contribution in [0.2, 0.25) is 0 Å². The molecule has 6 nitrogen and oxygen atoms in total. The third kappa shape index (κ3) is 3.24. The van der Waals surface area contributed by atoms with Crippen LogP contribution in [0.25, 0.3) is 0 Å². The maximum absolute atomic E-state index is 12.4. The van der Waals surface area contributed by atoms with Gasteiger partial charge in [0, 0.05) is 0 Å². The van der Waals surface area contributed by atoms with Crippen molar-refractivity contribution in [1.29, 1.82) is 0 Å². The highest BCUT2D eigenvalue weighted by Crippen LogP contribution is 2.29. The van der Waals surface area contributed by atoms with Gasteiger partial charge >= 0.3 is 5.97 Å². The van der Waals surface area contributed by atoms with Crippen LogP contribution in [0.15, 0.2) is 64.5 Å². The van der Waals surface area contributed by atoms with Crippen molar-refractivity contribution in [3.63, 3.8) is 0 Å². The largest absolute Gasteiger partial charge is 0.459 e. The van der Waals surface area contributed by atoms with Gasteiger partial charge in [0.05, 0.1) is 5.69 Å². The minimum Gasteiger partial charge on any atom is -0.459 e. The van der Waals surface area contributed by atoms with Gasteiger partial charge in [0.15, 0.2) is 0 Å². The molecule has 2 aromatic carbocycles. The smallest absolute Gasteiger partial charge is 0.327 e. The van der Waals surface area contributed by atoms with Crippen LogP contribution in [0.4, 0.5) is 5.69 Å². The van der Waals surface area contributed by atoms with Gasteiger partial charge in [-0.3, -0.25) is 4.79 Å². The Morgan fingerprint density at radius 2 is 1.74 bits per heavy atom. The summed E-state index contributed by atoms with van der Waals surface area (Å²) in [5, 5.41) is 0. The topological polar surface area (TPSA) is 76.0 Å². The number of hydrogen-bond donors (Lipinski definition) is 0. The van der Waals surface area contributed by atoms with Gasteiger partial charge in [-0.2, -0.15) is 0 Å². The molecule has 1 aliphatic rings. The van der Waals surface area contributed by atoms with E-state index in [1.807, 2.05) is 30.3 Å². The van der Waals surface area contributed by atoms with Crippen molar-refractivity contribution >= 4 is 28.0 Å². The molecule has 0 unspecified atom stereocenters. The summed E-state index contributed by atoms with van der Waals surface area (Å²) in [6, 6.07) is 15.6. The molecular formula is C16H14N2O4S. The number of hydrogen-bond acceptors (Lipinski definition) is 5. The van der Waals surface area contributed by atoms with Crippen molar-refractivity contribution in [1.82, 2.24) is 4.31 Å². The molecule has 0 saturated heterocycles. The first-order chi connectivity index (χ1) is 11.1. The second-order valence-electron chi connectivity index (χ2n) is 4.91. The second kappa shape index (κ2) is 6.21. The molecule has 7 heteroatoms. The number of nitrogens with zero attached hydrogens (tertiary/aromatic N) is 2. The Bertz CT molecular complexity index is 847. The van der Waals surface area contributed by atoms with E-state index in [1.54, 1.807) is 18.2 Å². The quantitative estimate of drug-likeness (QED) is 0.805. The highest BCUT2D eigenvalue weighted by atomic mass is 32.2. The van der Waals surface area contributed by atoms with Gasteiger partial charge in [0.25, 0.3) is 10.0 Å². The van der Waals surface area contributed by atoms with Crippen molar-refractivity contribution in [3.05, 3.63) is 60.2 Å². The molecule has 0 radical (unpaired) electrons. The van der Waals surface area contributed by atoms with Gasteiger partial charge in [0.1, 0.15) is 24.4 Å². The van der Waals surface area contributed by atoms with Crippen LogP contribution >= 0.6 is 0 Å². The summed E-state index contributed by atoms with van der Waals surface area (Å²) in [4.78, 5) is 16.0. The van der Waals surface area contributed by atoms with E-state index in [2.05, 4.69) is 4.99 Å². The van der Waals surface area contributed by atoms with Gasteiger partial charge < -0.3 is 4.74 Å². The first-order valence-electron chi connectivity index (χ1n) is 6.92. The molecule has 23 heavy (non-hydrogen) atoms. The average molecular weight is 330 g/mol. The predicted molar refractivity (Wildman–Crippen MR) is 84.7 cm³/mol.